The average molecular weight is 502 g/mol. The first-order chi connectivity index (χ1) is 18.8. The lowest BCUT2D eigenvalue weighted by Crippen LogP contribution is -2.42. The van der Waals surface area contributed by atoms with Gasteiger partial charge in [0.15, 0.2) is 0 Å². The molecule has 1 aromatic heterocycles. The van der Waals surface area contributed by atoms with Crippen molar-refractivity contribution in [3.05, 3.63) is 140 Å². The first-order valence-corrected chi connectivity index (χ1v) is 13.8. The van der Waals surface area contributed by atoms with Crippen LogP contribution in [0.15, 0.2) is 140 Å². The Balaban J connectivity index is 1.22. The van der Waals surface area contributed by atoms with Crippen LogP contribution in [-0.4, -0.2) is 6.98 Å². The molecule has 8 rings (SSSR count). The summed E-state index contributed by atoms with van der Waals surface area (Å²) >= 11 is 1.88. The third-order valence-electron chi connectivity index (χ3n) is 7.65. The third-order valence-corrected chi connectivity index (χ3v) is 8.87. The van der Waals surface area contributed by atoms with Crippen molar-refractivity contribution >= 4 is 55.6 Å². The number of hydrogen-bond acceptors (Lipinski definition) is 3. The van der Waals surface area contributed by atoms with E-state index in [0.29, 0.717) is 0 Å². The number of para-hydroxylation sites is 2. The number of benzene rings is 5. The van der Waals surface area contributed by atoms with E-state index in [-0.39, 0.29) is 6.98 Å². The molecule has 2 aliphatic rings. The second kappa shape index (κ2) is 8.51. The molecule has 178 valence electrons. The van der Waals surface area contributed by atoms with E-state index in [0.717, 1.165) is 0 Å². The fourth-order valence-corrected chi connectivity index (χ4v) is 7.16. The fraction of sp³-hybridized carbons (Fsp3) is 0. The Bertz CT molecular complexity index is 1920. The van der Waals surface area contributed by atoms with Crippen LogP contribution in [0.4, 0.5) is 17.1 Å². The molecule has 2 aliphatic heterocycles. The Morgan fingerprint density at radius 1 is 0.579 bits per heavy atom. The van der Waals surface area contributed by atoms with E-state index < -0.39 is 0 Å². The SMILES string of the molecule is C1=CB2N(C=C1)c1ccccc1N2c1cccc(-c2cccc(-c3cccc4c3sc3ccccc34)c2)c1. The first-order valence-electron chi connectivity index (χ1n) is 13.0. The second-order valence-electron chi connectivity index (χ2n) is 9.82. The monoisotopic (exact) mass is 502 g/mol. The molecule has 3 heterocycles. The molecule has 0 atom stereocenters. The number of allylic oxidation sites excluding steroid dienone is 2. The Morgan fingerprint density at radius 2 is 1.32 bits per heavy atom. The average Bonchev–Trinajstić information content (AvgIpc) is 3.53. The number of anilines is 3. The van der Waals surface area contributed by atoms with Crippen LogP contribution in [0.5, 0.6) is 0 Å². The van der Waals surface area contributed by atoms with Gasteiger partial charge in [-0.25, -0.2) is 0 Å². The highest BCUT2D eigenvalue weighted by Gasteiger charge is 2.39. The van der Waals surface area contributed by atoms with Gasteiger partial charge in [0.1, 0.15) is 0 Å². The molecule has 0 radical (unpaired) electrons. The quantitative estimate of drug-likeness (QED) is 0.222. The molecule has 0 bridgehead atoms. The van der Waals surface area contributed by atoms with Crippen molar-refractivity contribution in [1.29, 1.82) is 0 Å². The van der Waals surface area contributed by atoms with Crippen LogP contribution in [0.1, 0.15) is 0 Å². The van der Waals surface area contributed by atoms with Gasteiger partial charge in [0.2, 0.25) is 0 Å². The lowest BCUT2D eigenvalue weighted by atomic mass is 9.71. The van der Waals surface area contributed by atoms with Crippen molar-refractivity contribution in [3.8, 4) is 22.3 Å². The maximum atomic E-state index is 2.43. The molecule has 0 spiro atoms. The van der Waals surface area contributed by atoms with Gasteiger partial charge in [-0.05, 0) is 70.9 Å². The molecule has 38 heavy (non-hydrogen) atoms. The topological polar surface area (TPSA) is 6.48 Å². The normalized spacial score (nSPS) is 13.9. The van der Waals surface area contributed by atoms with Gasteiger partial charge in [-0.15, -0.1) is 11.3 Å². The zero-order valence-corrected chi connectivity index (χ0v) is 21.5. The highest BCUT2D eigenvalue weighted by molar-refractivity contribution is 7.26. The summed E-state index contributed by atoms with van der Waals surface area (Å²) in [5, 5.41) is 2.67. The van der Waals surface area contributed by atoms with Crippen molar-refractivity contribution in [3.63, 3.8) is 0 Å². The minimum Gasteiger partial charge on any atom is -0.367 e. The highest BCUT2D eigenvalue weighted by atomic mass is 32.1. The first kappa shape index (κ1) is 21.5. The minimum atomic E-state index is 0.143. The molecular weight excluding hydrogens is 479 g/mol. The smallest absolute Gasteiger partial charge is 0.367 e. The summed E-state index contributed by atoms with van der Waals surface area (Å²) in [6.07, 6.45) is 6.42. The van der Waals surface area contributed by atoms with Gasteiger partial charge < -0.3 is 9.62 Å². The summed E-state index contributed by atoms with van der Waals surface area (Å²) in [4.78, 5) is 4.77. The molecule has 0 amide bonds. The van der Waals surface area contributed by atoms with E-state index >= 15 is 0 Å². The van der Waals surface area contributed by atoms with Crippen LogP contribution in [0.3, 0.4) is 0 Å². The maximum absolute atomic E-state index is 2.43. The molecule has 0 aliphatic carbocycles. The van der Waals surface area contributed by atoms with Gasteiger partial charge in [0, 0.05) is 25.9 Å². The van der Waals surface area contributed by atoms with Crippen LogP contribution < -0.4 is 9.62 Å². The number of nitrogens with zero attached hydrogens (tertiary/aromatic N) is 2. The Hall–Kier alpha value is -4.54. The highest BCUT2D eigenvalue weighted by Crippen LogP contribution is 2.45. The maximum Gasteiger partial charge on any atom is 0.412 e. The summed E-state index contributed by atoms with van der Waals surface area (Å²) in [7, 11) is 0. The van der Waals surface area contributed by atoms with Crippen LogP contribution in [-0.2, 0) is 0 Å². The number of fused-ring (bicyclic) bond motifs is 6. The Labute approximate surface area is 226 Å². The van der Waals surface area contributed by atoms with Crippen molar-refractivity contribution in [2.75, 3.05) is 9.62 Å². The van der Waals surface area contributed by atoms with Gasteiger partial charge in [-0.2, -0.15) is 0 Å². The zero-order chi connectivity index (χ0) is 25.1. The largest absolute Gasteiger partial charge is 0.412 e. The van der Waals surface area contributed by atoms with E-state index in [2.05, 4.69) is 149 Å². The summed E-state index contributed by atoms with van der Waals surface area (Å²) in [6, 6.07) is 42.0. The van der Waals surface area contributed by atoms with Gasteiger partial charge in [0.05, 0.1) is 11.4 Å². The summed E-state index contributed by atoms with van der Waals surface area (Å²) in [5.74, 6) is 2.26. The molecule has 0 fully saturated rings. The van der Waals surface area contributed by atoms with E-state index in [1.807, 2.05) is 11.3 Å². The Kier molecular flexibility index (Phi) is 4.82. The van der Waals surface area contributed by atoms with E-state index in [1.165, 1.54) is 59.5 Å². The van der Waals surface area contributed by atoms with E-state index in [4.69, 9.17) is 0 Å². The lowest BCUT2D eigenvalue weighted by molar-refractivity contribution is 1.39. The Morgan fingerprint density at radius 3 is 2.26 bits per heavy atom. The predicted octanol–water partition coefficient (Wildman–Crippen LogP) is 9.46. The summed E-state index contributed by atoms with van der Waals surface area (Å²) in [6.45, 7) is 0.143. The summed E-state index contributed by atoms with van der Waals surface area (Å²) in [5.41, 5.74) is 8.66. The molecule has 0 saturated heterocycles. The molecule has 6 aromatic rings. The molecule has 4 heteroatoms. The van der Waals surface area contributed by atoms with Gasteiger partial charge >= 0.3 is 6.98 Å². The lowest BCUT2D eigenvalue weighted by Gasteiger charge is -2.27. The van der Waals surface area contributed by atoms with Gasteiger partial charge in [-0.1, -0.05) is 90.9 Å². The third kappa shape index (κ3) is 3.27. The van der Waals surface area contributed by atoms with Crippen LogP contribution in [0, 0.1) is 0 Å². The van der Waals surface area contributed by atoms with Gasteiger partial charge in [0.25, 0.3) is 0 Å². The molecule has 0 unspecified atom stereocenters. The van der Waals surface area contributed by atoms with Crippen molar-refractivity contribution in [2.24, 2.45) is 0 Å². The van der Waals surface area contributed by atoms with Crippen molar-refractivity contribution in [1.82, 2.24) is 0 Å². The molecule has 2 nitrogen and oxygen atoms in total. The van der Waals surface area contributed by atoms with E-state index in [9.17, 15) is 0 Å². The number of thiophene rings is 1. The molecule has 5 aromatic carbocycles. The molecular formula is C34H23BN2S. The molecule has 0 N–H and O–H groups in total. The summed E-state index contributed by atoms with van der Waals surface area (Å²) < 4.78 is 2.69. The van der Waals surface area contributed by atoms with E-state index in [1.54, 1.807) is 0 Å². The standard InChI is InChI=1S/C34H23BN2S/c1-4-19-33-29(14-1)30-16-9-15-28(34(30)38-33)26-12-7-10-24(22-26)25-11-8-13-27(23-25)37-32-18-3-2-17-31(32)36-21-6-5-20-35(36)37/h1-23H. The van der Waals surface area contributed by atoms with Crippen LogP contribution >= 0.6 is 11.3 Å². The number of rotatable bonds is 3. The van der Waals surface area contributed by atoms with Gasteiger partial charge in [-0.3, -0.25) is 0 Å². The second-order valence-corrected chi connectivity index (χ2v) is 10.9. The fourth-order valence-electron chi connectivity index (χ4n) is 5.92. The van der Waals surface area contributed by atoms with Crippen LogP contribution in [0.25, 0.3) is 42.4 Å². The predicted molar refractivity (Wildman–Crippen MR) is 165 cm³/mol. The van der Waals surface area contributed by atoms with Crippen molar-refractivity contribution in [2.45, 2.75) is 0 Å². The molecule has 0 saturated carbocycles. The van der Waals surface area contributed by atoms with Crippen molar-refractivity contribution < 1.29 is 0 Å². The minimum absolute atomic E-state index is 0.143. The zero-order valence-electron chi connectivity index (χ0n) is 20.7. The van der Waals surface area contributed by atoms with Crippen LogP contribution in [0.2, 0.25) is 0 Å². The number of hydrogen-bond donors (Lipinski definition) is 0.